The fourth-order valence-corrected chi connectivity index (χ4v) is 4.46. The van der Waals surface area contributed by atoms with E-state index in [1.807, 2.05) is 24.3 Å². The van der Waals surface area contributed by atoms with Crippen molar-refractivity contribution in [1.29, 1.82) is 0 Å². The molecule has 4 rings (SSSR count). The number of rotatable bonds is 7. The van der Waals surface area contributed by atoms with Crippen molar-refractivity contribution in [3.63, 3.8) is 0 Å². The van der Waals surface area contributed by atoms with E-state index in [1.165, 1.54) is 23.0 Å². The lowest BCUT2D eigenvalue weighted by Crippen LogP contribution is -2.46. The highest BCUT2D eigenvalue weighted by Gasteiger charge is 2.17. The van der Waals surface area contributed by atoms with E-state index < -0.39 is 0 Å². The molecule has 1 amide bonds. The van der Waals surface area contributed by atoms with Gasteiger partial charge in [0, 0.05) is 43.1 Å². The molecule has 1 aliphatic rings. The van der Waals surface area contributed by atoms with Gasteiger partial charge in [-0.25, -0.2) is 0 Å². The van der Waals surface area contributed by atoms with E-state index in [2.05, 4.69) is 77.3 Å². The minimum atomic E-state index is -0.108. The van der Waals surface area contributed by atoms with Crippen LogP contribution < -0.4 is 10.2 Å². The second-order valence-corrected chi connectivity index (χ2v) is 10.4. The molecule has 0 saturated carbocycles. The second-order valence-electron chi connectivity index (χ2n) is 9.51. The number of nitrogens with zero attached hydrogens (tertiary/aromatic N) is 4. The summed E-state index contributed by atoms with van der Waals surface area (Å²) in [6, 6.07) is 16.2. The molecule has 1 N–H and O–H groups in total. The number of benzene rings is 2. The lowest BCUT2D eigenvalue weighted by molar-refractivity contribution is -0.113. The van der Waals surface area contributed by atoms with Crippen LogP contribution in [0.4, 0.5) is 11.4 Å². The van der Waals surface area contributed by atoms with Crippen molar-refractivity contribution in [2.45, 2.75) is 38.3 Å². The van der Waals surface area contributed by atoms with E-state index in [1.54, 1.807) is 0 Å². The molecule has 0 spiro atoms. The standard InChI is InChI=1S/C26H33N5O2S/c1-5-30-14-16-31(17-15-30)22-12-10-21(11-13-22)27-23(32)18-34-25-29-28-24(33-25)19-6-8-20(9-7-19)26(2,3)4/h6-13H,5,14-18H2,1-4H3,(H,27,32). The van der Waals surface area contributed by atoms with Crippen LogP contribution >= 0.6 is 11.8 Å². The molecule has 0 bridgehead atoms. The molecule has 8 heteroatoms. The number of hydrogen-bond donors (Lipinski definition) is 1. The van der Waals surface area contributed by atoms with Crippen LogP contribution in [-0.4, -0.2) is 59.5 Å². The van der Waals surface area contributed by atoms with Crippen LogP contribution in [0.5, 0.6) is 0 Å². The van der Waals surface area contributed by atoms with E-state index in [4.69, 9.17) is 4.42 Å². The van der Waals surface area contributed by atoms with E-state index >= 15 is 0 Å². The highest BCUT2D eigenvalue weighted by atomic mass is 32.2. The Morgan fingerprint density at radius 2 is 1.68 bits per heavy atom. The average Bonchev–Trinajstić information content (AvgIpc) is 3.32. The minimum absolute atomic E-state index is 0.0895. The topological polar surface area (TPSA) is 74.5 Å². The van der Waals surface area contributed by atoms with Crippen LogP contribution in [0.3, 0.4) is 0 Å². The van der Waals surface area contributed by atoms with Crippen LogP contribution in [0, 0.1) is 0 Å². The van der Waals surface area contributed by atoms with Crippen molar-refractivity contribution < 1.29 is 9.21 Å². The summed E-state index contributed by atoms with van der Waals surface area (Å²) < 4.78 is 5.75. The molecular formula is C26H33N5O2S. The van der Waals surface area contributed by atoms with Crippen LogP contribution in [0.1, 0.15) is 33.3 Å². The summed E-state index contributed by atoms with van der Waals surface area (Å²) in [5.41, 5.74) is 4.18. The van der Waals surface area contributed by atoms with Gasteiger partial charge >= 0.3 is 0 Å². The summed E-state index contributed by atoms with van der Waals surface area (Å²) >= 11 is 1.23. The van der Waals surface area contributed by atoms with Gasteiger partial charge in [0.25, 0.3) is 5.22 Å². The molecule has 0 unspecified atom stereocenters. The minimum Gasteiger partial charge on any atom is -0.411 e. The fourth-order valence-electron chi connectivity index (χ4n) is 3.90. The predicted molar refractivity (Wildman–Crippen MR) is 139 cm³/mol. The first-order chi connectivity index (χ1) is 16.3. The van der Waals surface area contributed by atoms with Crippen molar-refractivity contribution in [1.82, 2.24) is 15.1 Å². The summed E-state index contributed by atoms with van der Waals surface area (Å²) in [7, 11) is 0. The second kappa shape index (κ2) is 10.6. The maximum Gasteiger partial charge on any atom is 0.277 e. The number of anilines is 2. The lowest BCUT2D eigenvalue weighted by Gasteiger charge is -2.35. The number of amides is 1. The molecule has 180 valence electrons. The van der Waals surface area contributed by atoms with Gasteiger partial charge in [-0.05, 0) is 53.9 Å². The molecule has 0 aliphatic carbocycles. The monoisotopic (exact) mass is 479 g/mol. The van der Waals surface area contributed by atoms with Crippen molar-refractivity contribution >= 4 is 29.0 Å². The first kappa shape index (κ1) is 24.3. The highest BCUT2D eigenvalue weighted by Crippen LogP contribution is 2.27. The summed E-state index contributed by atoms with van der Waals surface area (Å²) in [5.74, 6) is 0.549. The number of carbonyl (C=O) groups excluding carboxylic acids is 1. The number of thioether (sulfide) groups is 1. The summed E-state index contributed by atoms with van der Waals surface area (Å²) in [6.07, 6.45) is 0. The van der Waals surface area contributed by atoms with E-state index in [0.29, 0.717) is 11.1 Å². The van der Waals surface area contributed by atoms with Crippen molar-refractivity contribution in [3.8, 4) is 11.5 Å². The normalized spacial score (nSPS) is 14.9. The Bertz CT molecular complexity index is 1080. The number of hydrogen-bond acceptors (Lipinski definition) is 7. The van der Waals surface area contributed by atoms with Crippen molar-refractivity contribution in [2.75, 3.05) is 48.7 Å². The molecule has 7 nitrogen and oxygen atoms in total. The molecule has 2 heterocycles. The van der Waals surface area contributed by atoms with Gasteiger partial charge in [-0.3, -0.25) is 4.79 Å². The summed E-state index contributed by atoms with van der Waals surface area (Å²) in [4.78, 5) is 17.3. The molecule has 0 atom stereocenters. The van der Waals surface area contributed by atoms with Crippen LogP contribution in [0.15, 0.2) is 58.2 Å². The third kappa shape index (κ3) is 6.18. The van der Waals surface area contributed by atoms with Crippen LogP contribution in [0.2, 0.25) is 0 Å². The number of piperazine rings is 1. The van der Waals surface area contributed by atoms with Gasteiger partial charge in [0.1, 0.15) is 0 Å². The zero-order valence-electron chi connectivity index (χ0n) is 20.4. The Hall–Kier alpha value is -2.84. The average molecular weight is 480 g/mol. The van der Waals surface area contributed by atoms with Gasteiger partial charge in [0.15, 0.2) is 0 Å². The number of nitrogens with one attached hydrogen (secondary N) is 1. The molecule has 1 aromatic heterocycles. The smallest absolute Gasteiger partial charge is 0.277 e. The maximum atomic E-state index is 12.4. The third-order valence-corrected chi connectivity index (χ3v) is 6.89. The van der Waals surface area contributed by atoms with E-state index in [0.717, 1.165) is 44.0 Å². The first-order valence-electron chi connectivity index (χ1n) is 11.8. The Balaban J connectivity index is 1.26. The number of aromatic nitrogens is 2. The molecule has 1 saturated heterocycles. The zero-order valence-corrected chi connectivity index (χ0v) is 21.2. The van der Waals surface area contributed by atoms with Gasteiger partial charge in [-0.1, -0.05) is 51.6 Å². The molecule has 1 aliphatic heterocycles. The van der Waals surface area contributed by atoms with Crippen LogP contribution in [-0.2, 0) is 10.2 Å². The van der Waals surface area contributed by atoms with E-state index in [-0.39, 0.29) is 17.1 Å². The maximum absolute atomic E-state index is 12.4. The number of carbonyl (C=O) groups is 1. The summed E-state index contributed by atoms with van der Waals surface area (Å²) in [6.45, 7) is 14.1. The fraction of sp³-hybridized carbons (Fsp3) is 0.423. The predicted octanol–water partition coefficient (Wildman–Crippen LogP) is 4.91. The molecule has 3 aromatic rings. The summed E-state index contributed by atoms with van der Waals surface area (Å²) in [5, 5.41) is 11.5. The van der Waals surface area contributed by atoms with Gasteiger partial charge in [-0.15, -0.1) is 10.2 Å². The van der Waals surface area contributed by atoms with Crippen LogP contribution in [0.25, 0.3) is 11.5 Å². The van der Waals surface area contributed by atoms with Crippen molar-refractivity contribution in [3.05, 3.63) is 54.1 Å². The third-order valence-electron chi connectivity index (χ3n) is 6.07. The molecule has 2 aromatic carbocycles. The molecule has 1 fully saturated rings. The first-order valence-corrected chi connectivity index (χ1v) is 12.7. The number of likely N-dealkylation sites (N-methyl/N-ethyl adjacent to an activating group) is 1. The largest absolute Gasteiger partial charge is 0.411 e. The quantitative estimate of drug-likeness (QED) is 0.483. The lowest BCUT2D eigenvalue weighted by atomic mass is 9.87. The Morgan fingerprint density at radius 1 is 1.00 bits per heavy atom. The van der Waals surface area contributed by atoms with Gasteiger partial charge in [0.2, 0.25) is 11.8 Å². The van der Waals surface area contributed by atoms with Gasteiger partial charge < -0.3 is 19.5 Å². The van der Waals surface area contributed by atoms with E-state index in [9.17, 15) is 4.79 Å². The Morgan fingerprint density at radius 3 is 2.29 bits per heavy atom. The van der Waals surface area contributed by atoms with Gasteiger partial charge in [0.05, 0.1) is 5.75 Å². The Labute approximate surface area is 205 Å². The van der Waals surface area contributed by atoms with Gasteiger partial charge in [-0.2, -0.15) is 0 Å². The Kier molecular flexibility index (Phi) is 7.58. The SMILES string of the molecule is CCN1CCN(c2ccc(NC(=O)CSc3nnc(-c4ccc(C(C)(C)C)cc4)o3)cc2)CC1. The molecule has 34 heavy (non-hydrogen) atoms. The molecular weight excluding hydrogens is 446 g/mol. The van der Waals surface area contributed by atoms with Crippen molar-refractivity contribution in [2.24, 2.45) is 0 Å². The highest BCUT2D eigenvalue weighted by molar-refractivity contribution is 7.99. The zero-order chi connectivity index (χ0) is 24.1. The molecule has 0 radical (unpaired) electrons.